The minimum absolute atomic E-state index is 0.155. The lowest BCUT2D eigenvalue weighted by molar-refractivity contribution is -0.116. The summed E-state index contributed by atoms with van der Waals surface area (Å²) in [5.41, 5.74) is 7.18. The number of anilines is 1. The Balaban J connectivity index is 2.47. The number of carbonyl (C=O) groups is 1. The number of nitrogen functional groups attached to an aromatic ring is 1. The van der Waals surface area contributed by atoms with Gasteiger partial charge in [0.1, 0.15) is 0 Å². The molecule has 0 saturated heterocycles. The molecule has 0 unspecified atom stereocenters. The number of rotatable bonds is 4. The van der Waals surface area contributed by atoms with E-state index in [9.17, 15) is 4.79 Å². The molecule has 3 N–H and O–H groups in total. The molecule has 82 valence electrons. The zero-order valence-corrected chi connectivity index (χ0v) is 8.94. The van der Waals surface area contributed by atoms with E-state index < -0.39 is 0 Å². The van der Waals surface area contributed by atoms with Crippen molar-refractivity contribution in [2.45, 2.75) is 6.42 Å². The van der Waals surface area contributed by atoms with E-state index >= 15 is 0 Å². The van der Waals surface area contributed by atoms with Crippen molar-refractivity contribution in [3.8, 4) is 12.3 Å². The van der Waals surface area contributed by atoms with Crippen molar-refractivity contribution in [1.29, 1.82) is 0 Å². The predicted octanol–water partition coefficient (Wildman–Crippen LogP) is 1.42. The Morgan fingerprint density at radius 3 is 3.06 bits per heavy atom. The molecule has 0 aliphatic rings. The lowest BCUT2D eigenvalue weighted by Crippen LogP contribution is -2.21. The van der Waals surface area contributed by atoms with E-state index in [0.717, 1.165) is 5.56 Å². The normalized spacial score (nSPS) is 9.94. The van der Waals surface area contributed by atoms with Gasteiger partial charge in [-0.05, 0) is 23.8 Å². The largest absolute Gasteiger partial charge is 0.399 e. The van der Waals surface area contributed by atoms with Crippen LogP contribution in [0, 0.1) is 12.3 Å². The summed E-state index contributed by atoms with van der Waals surface area (Å²) in [6, 6.07) is 7.31. The molecule has 3 heteroatoms. The van der Waals surface area contributed by atoms with Crippen LogP contribution in [0.15, 0.2) is 30.3 Å². The highest BCUT2D eigenvalue weighted by molar-refractivity contribution is 5.91. The molecule has 1 amide bonds. The van der Waals surface area contributed by atoms with Crippen LogP contribution in [0.5, 0.6) is 0 Å². The number of amides is 1. The molecule has 0 atom stereocenters. The van der Waals surface area contributed by atoms with Crippen LogP contribution < -0.4 is 11.1 Å². The Morgan fingerprint density at radius 1 is 1.56 bits per heavy atom. The molecule has 0 fully saturated rings. The fourth-order valence-corrected chi connectivity index (χ4v) is 1.15. The first kappa shape index (κ1) is 11.9. The van der Waals surface area contributed by atoms with Gasteiger partial charge >= 0.3 is 0 Å². The number of hydrogen-bond donors (Lipinski definition) is 2. The van der Waals surface area contributed by atoms with Crippen LogP contribution in [0.3, 0.4) is 0 Å². The second-order valence-corrected chi connectivity index (χ2v) is 3.25. The summed E-state index contributed by atoms with van der Waals surface area (Å²) in [4.78, 5) is 11.3. The van der Waals surface area contributed by atoms with Gasteiger partial charge in [0.05, 0.1) is 0 Å². The monoisotopic (exact) mass is 214 g/mol. The van der Waals surface area contributed by atoms with Crippen molar-refractivity contribution < 1.29 is 4.79 Å². The molecule has 0 aliphatic carbocycles. The SMILES string of the molecule is C#CCCNC(=O)/C=C/c1cccc(N)c1. The van der Waals surface area contributed by atoms with E-state index in [1.165, 1.54) is 6.08 Å². The number of nitrogens with one attached hydrogen (secondary N) is 1. The molecule has 0 radical (unpaired) electrons. The Morgan fingerprint density at radius 2 is 2.38 bits per heavy atom. The maximum Gasteiger partial charge on any atom is 0.244 e. The van der Waals surface area contributed by atoms with E-state index in [4.69, 9.17) is 12.2 Å². The van der Waals surface area contributed by atoms with Crippen molar-refractivity contribution in [2.75, 3.05) is 12.3 Å². The van der Waals surface area contributed by atoms with Gasteiger partial charge in [-0.25, -0.2) is 0 Å². The smallest absolute Gasteiger partial charge is 0.244 e. The highest BCUT2D eigenvalue weighted by Gasteiger charge is 1.93. The van der Waals surface area contributed by atoms with Crippen molar-refractivity contribution in [3.63, 3.8) is 0 Å². The second kappa shape index (κ2) is 6.31. The van der Waals surface area contributed by atoms with Gasteiger partial charge in [-0.1, -0.05) is 12.1 Å². The lowest BCUT2D eigenvalue weighted by Gasteiger charge is -1.98. The number of benzene rings is 1. The number of hydrogen-bond acceptors (Lipinski definition) is 2. The van der Waals surface area contributed by atoms with Crippen molar-refractivity contribution in [3.05, 3.63) is 35.9 Å². The summed E-state index contributed by atoms with van der Waals surface area (Å²) in [7, 11) is 0. The van der Waals surface area contributed by atoms with E-state index in [0.29, 0.717) is 18.7 Å². The quantitative estimate of drug-likeness (QED) is 0.345. The first-order valence-corrected chi connectivity index (χ1v) is 4.97. The molecule has 0 heterocycles. The summed E-state index contributed by atoms with van der Waals surface area (Å²) in [5, 5.41) is 2.67. The van der Waals surface area contributed by atoms with Crippen LogP contribution in [0.2, 0.25) is 0 Å². The zero-order chi connectivity index (χ0) is 11.8. The van der Waals surface area contributed by atoms with Crippen LogP contribution in [0.4, 0.5) is 5.69 Å². The first-order chi connectivity index (χ1) is 7.72. The molecule has 0 aromatic heterocycles. The predicted molar refractivity (Wildman–Crippen MR) is 66.3 cm³/mol. The van der Waals surface area contributed by atoms with Gasteiger partial charge in [-0.3, -0.25) is 4.79 Å². The van der Waals surface area contributed by atoms with Gasteiger partial charge in [0.15, 0.2) is 0 Å². The van der Waals surface area contributed by atoms with E-state index in [2.05, 4.69) is 11.2 Å². The van der Waals surface area contributed by atoms with Gasteiger partial charge in [0.25, 0.3) is 0 Å². The van der Waals surface area contributed by atoms with Crippen LogP contribution in [-0.4, -0.2) is 12.5 Å². The van der Waals surface area contributed by atoms with Crippen LogP contribution in [-0.2, 0) is 4.79 Å². The number of nitrogens with two attached hydrogens (primary N) is 1. The van der Waals surface area contributed by atoms with Gasteiger partial charge in [-0.15, -0.1) is 12.3 Å². The fraction of sp³-hybridized carbons (Fsp3) is 0.154. The molecule has 0 bridgehead atoms. The van der Waals surface area contributed by atoms with E-state index in [1.807, 2.05) is 12.1 Å². The minimum Gasteiger partial charge on any atom is -0.399 e. The number of carbonyl (C=O) groups excluding carboxylic acids is 1. The molecule has 1 aromatic rings. The maximum atomic E-state index is 11.3. The van der Waals surface area contributed by atoms with Gasteiger partial charge < -0.3 is 11.1 Å². The van der Waals surface area contributed by atoms with Crippen molar-refractivity contribution >= 4 is 17.7 Å². The Labute approximate surface area is 95.3 Å². The second-order valence-electron chi connectivity index (χ2n) is 3.25. The van der Waals surface area contributed by atoms with Gasteiger partial charge in [-0.2, -0.15) is 0 Å². The molecule has 1 aromatic carbocycles. The molecule has 0 saturated carbocycles. The summed E-state index contributed by atoms with van der Waals surface area (Å²) in [5.74, 6) is 2.29. The van der Waals surface area contributed by atoms with Crippen LogP contribution in [0.25, 0.3) is 6.08 Å². The summed E-state index contributed by atoms with van der Waals surface area (Å²) < 4.78 is 0. The minimum atomic E-state index is -0.155. The Kier molecular flexibility index (Phi) is 4.68. The Bertz CT molecular complexity index is 430. The molecular formula is C13H14N2O. The lowest BCUT2D eigenvalue weighted by atomic mass is 10.2. The summed E-state index contributed by atoms with van der Waals surface area (Å²) >= 11 is 0. The molecular weight excluding hydrogens is 200 g/mol. The Hall–Kier alpha value is -2.21. The third-order valence-electron chi connectivity index (χ3n) is 1.91. The van der Waals surface area contributed by atoms with E-state index in [1.54, 1.807) is 18.2 Å². The summed E-state index contributed by atoms with van der Waals surface area (Å²) in [6.07, 6.45) is 8.78. The fourth-order valence-electron chi connectivity index (χ4n) is 1.15. The zero-order valence-electron chi connectivity index (χ0n) is 8.94. The first-order valence-electron chi connectivity index (χ1n) is 4.97. The molecule has 0 spiro atoms. The highest BCUT2D eigenvalue weighted by atomic mass is 16.1. The third kappa shape index (κ3) is 4.34. The van der Waals surface area contributed by atoms with Crippen LogP contribution in [0.1, 0.15) is 12.0 Å². The standard InChI is InChI=1S/C13H14N2O/c1-2-3-9-15-13(16)8-7-11-5-4-6-12(14)10-11/h1,4-8,10H,3,9,14H2,(H,15,16)/b8-7+. The number of terminal acetylenes is 1. The van der Waals surface area contributed by atoms with E-state index in [-0.39, 0.29) is 5.91 Å². The molecule has 0 aliphatic heterocycles. The highest BCUT2D eigenvalue weighted by Crippen LogP contribution is 2.07. The van der Waals surface area contributed by atoms with Crippen molar-refractivity contribution in [2.24, 2.45) is 0 Å². The average Bonchev–Trinajstić information content (AvgIpc) is 2.27. The average molecular weight is 214 g/mol. The molecule has 16 heavy (non-hydrogen) atoms. The van der Waals surface area contributed by atoms with Gasteiger partial charge in [0.2, 0.25) is 5.91 Å². The summed E-state index contributed by atoms with van der Waals surface area (Å²) in [6.45, 7) is 0.497. The van der Waals surface area contributed by atoms with Gasteiger partial charge in [0, 0.05) is 24.7 Å². The maximum absolute atomic E-state index is 11.3. The third-order valence-corrected chi connectivity index (χ3v) is 1.91. The molecule has 1 rings (SSSR count). The molecule has 3 nitrogen and oxygen atoms in total. The van der Waals surface area contributed by atoms with Crippen molar-refractivity contribution in [1.82, 2.24) is 5.32 Å². The van der Waals surface area contributed by atoms with Crippen LogP contribution >= 0.6 is 0 Å². The topological polar surface area (TPSA) is 55.1 Å².